The number of aliphatic carboxylic acids is 2. The van der Waals surface area contributed by atoms with E-state index >= 15 is 0 Å². The molecule has 140 valence electrons. The summed E-state index contributed by atoms with van der Waals surface area (Å²) in [5.74, 6) is -2.17. The number of carboxylic acids is 2. The first-order chi connectivity index (χ1) is 12.4. The Morgan fingerprint density at radius 3 is 1.35 bits per heavy atom. The molecule has 6 nitrogen and oxygen atoms in total. The van der Waals surface area contributed by atoms with Crippen molar-refractivity contribution in [3.05, 3.63) is 59.7 Å². The summed E-state index contributed by atoms with van der Waals surface area (Å²) in [6.07, 6.45) is 2.49. The zero-order chi connectivity index (χ0) is 19.4. The molecule has 0 bridgehead atoms. The number of fused-ring (bicyclic) bond motifs is 2. The van der Waals surface area contributed by atoms with Crippen LogP contribution < -0.4 is 20.8 Å². The van der Waals surface area contributed by atoms with E-state index in [0.29, 0.717) is 0 Å². The molecule has 2 heterocycles. The van der Waals surface area contributed by atoms with Crippen molar-refractivity contribution in [2.24, 2.45) is 0 Å². The molecule has 0 radical (unpaired) electrons. The van der Waals surface area contributed by atoms with Crippen LogP contribution in [0, 0.1) is 0 Å². The van der Waals surface area contributed by atoms with Gasteiger partial charge in [-0.1, -0.05) is 36.4 Å². The fraction of sp³-hybridized carbons (Fsp3) is 0.300. The zero-order valence-electron chi connectivity index (χ0n) is 15.2. The number of quaternary nitrogens is 2. The van der Waals surface area contributed by atoms with Gasteiger partial charge in [-0.25, -0.2) is 0 Å². The van der Waals surface area contributed by atoms with Crippen molar-refractivity contribution in [3.63, 3.8) is 0 Å². The highest BCUT2D eigenvalue weighted by atomic mass is 16.4. The van der Waals surface area contributed by atoms with Gasteiger partial charge in [-0.2, -0.15) is 0 Å². The van der Waals surface area contributed by atoms with E-state index in [-0.39, 0.29) is 0 Å². The third kappa shape index (κ3) is 8.96. The van der Waals surface area contributed by atoms with Gasteiger partial charge < -0.3 is 30.4 Å². The fourth-order valence-electron chi connectivity index (χ4n) is 2.69. The van der Waals surface area contributed by atoms with Crippen molar-refractivity contribution >= 4 is 23.3 Å². The van der Waals surface area contributed by atoms with E-state index in [4.69, 9.17) is 19.8 Å². The summed E-state index contributed by atoms with van der Waals surface area (Å²) in [6.45, 7) is 4.42. The maximum absolute atomic E-state index is 8.89. The predicted octanol–water partition coefficient (Wildman–Crippen LogP) is -1.61. The summed E-state index contributed by atoms with van der Waals surface area (Å²) < 4.78 is 0. The van der Waals surface area contributed by atoms with Crippen molar-refractivity contribution in [3.8, 4) is 0 Å². The molecule has 0 atom stereocenters. The van der Waals surface area contributed by atoms with E-state index in [2.05, 4.69) is 59.2 Å². The number of carboxylic acid groups (broad SMARTS) is 2. The van der Waals surface area contributed by atoms with Crippen LogP contribution in [0.15, 0.2) is 48.5 Å². The minimum atomic E-state index is -1.08. The molecular weight excluding hydrogens is 332 g/mol. The van der Waals surface area contributed by atoms with Crippen LogP contribution >= 0.6 is 0 Å². The summed E-state index contributed by atoms with van der Waals surface area (Å²) in [7, 11) is 0. The monoisotopic (exact) mass is 358 g/mol. The third-order valence-electron chi connectivity index (χ3n) is 3.67. The van der Waals surface area contributed by atoms with E-state index in [9.17, 15) is 0 Å². The number of benzene rings is 2. The first-order valence-corrected chi connectivity index (χ1v) is 8.57. The van der Waals surface area contributed by atoms with Crippen LogP contribution in [0.4, 0.5) is 11.4 Å². The Bertz CT molecular complexity index is 601. The summed E-state index contributed by atoms with van der Waals surface area (Å²) in [5.41, 5.74) is 5.91. The predicted molar refractivity (Wildman–Crippen MR) is 94.6 cm³/mol. The van der Waals surface area contributed by atoms with Crippen molar-refractivity contribution in [2.45, 2.75) is 26.7 Å². The Hall–Kier alpha value is -2.70. The van der Waals surface area contributed by atoms with Crippen molar-refractivity contribution in [2.75, 3.05) is 13.1 Å². The molecule has 0 unspecified atom stereocenters. The Kier molecular flexibility index (Phi) is 9.67. The summed E-state index contributed by atoms with van der Waals surface area (Å²) >= 11 is 0. The van der Waals surface area contributed by atoms with Crippen LogP contribution in [-0.2, 0) is 22.4 Å². The van der Waals surface area contributed by atoms with Crippen molar-refractivity contribution in [1.29, 1.82) is 0 Å². The first kappa shape index (κ1) is 21.3. The second kappa shape index (κ2) is 11.8. The van der Waals surface area contributed by atoms with Crippen LogP contribution in [0.5, 0.6) is 0 Å². The van der Waals surface area contributed by atoms with Gasteiger partial charge in [0.05, 0.1) is 13.1 Å². The molecule has 2 aliphatic rings. The molecule has 26 heavy (non-hydrogen) atoms. The van der Waals surface area contributed by atoms with E-state index < -0.39 is 11.9 Å². The lowest BCUT2D eigenvalue weighted by atomic mass is 10.2. The highest BCUT2D eigenvalue weighted by Crippen LogP contribution is 2.13. The fourth-order valence-corrected chi connectivity index (χ4v) is 2.69. The van der Waals surface area contributed by atoms with E-state index in [1.165, 1.54) is 48.4 Å². The number of rotatable bonds is 0. The second-order valence-electron chi connectivity index (χ2n) is 5.87. The van der Waals surface area contributed by atoms with Gasteiger partial charge in [0.25, 0.3) is 0 Å². The average Bonchev–Trinajstić information content (AvgIpc) is 3.23. The molecule has 2 aliphatic heterocycles. The molecule has 2 aromatic carbocycles. The van der Waals surface area contributed by atoms with Crippen LogP contribution in [-0.4, -0.2) is 25.0 Å². The lowest BCUT2D eigenvalue weighted by Gasteiger charge is -1.89. The molecule has 0 aliphatic carbocycles. The number of hydrogen-bond acceptors (Lipinski definition) is 4. The molecule has 6 heteroatoms. The number of hydrogen-bond donors (Lipinski definition) is 2. The van der Waals surface area contributed by atoms with Crippen LogP contribution in [0.3, 0.4) is 0 Å². The van der Waals surface area contributed by atoms with Gasteiger partial charge >= 0.3 is 0 Å². The SMILES string of the molecule is CC(=O)[O-].CC(=O)[O-].c1ccc2c(c1)CC[NH2+]2.c1ccc2c(c1)CC[NH2+]2. The Morgan fingerprint density at radius 1 is 0.731 bits per heavy atom. The molecular formula is C20H26N2O4. The first-order valence-electron chi connectivity index (χ1n) is 8.57. The maximum Gasteiger partial charge on any atom is 0.133 e. The largest absolute Gasteiger partial charge is 0.550 e. The van der Waals surface area contributed by atoms with Crippen LogP contribution in [0.25, 0.3) is 0 Å². The minimum absolute atomic E-state index is 0.972. The molecule has 0 saturated heterocycles. The highest BCUT2D eigenvalue weighted by molar-refractivity contribution is 5.60. The van der Waals surface area contributed by atoms with E-state index in [0.717, 1.165) is 13.8 Å². The molecule has 0 saturated carbocycles. The summed E-state index contributed by atoms with van der Waals surface area (Å²) in [6, 6.07) is 17.2. The topological polar surface area (TPSA) is 113 Å². The van der Waals surface area contributed by atoms with Gasteiger partial charge in [0, 0.05) is 35.9 Å². The zero-order valence-corrected chi connectivity index (χ0v) is 15.2. The van der Waals surface area contributed by atoms with Crippen molar-refractivity contribution in [1.82, 2.24) is 0 Å². The molecule has 0 aromatic heterocycles. The lowest BCUT2D eigenvalue weighted by molar-refractivity contribution is -0.561. The highest BCUT2D eigenvalue weighted by Gasteiger charge is 2.12. The number of carbonyl (C=O) groups excluding carboxylic acids is 2. The average molecular weight is 358 g/mol. The quantitative estimate of drug-likeness (QED) is 0.552. The molecule has 0 spiro atoms. The molecule has 2 aromatic rings. The number of carbonyl (C=O) groups is 2. The van der Waals surface area contributed by atoms with E-state index in [1.54, 1.807) is 0 Å². The minimum Gasteiger partial charge on any atom is -0.550 e. The Labute approximate surface area is 153 Å². The second-order valence-corrected chi connectivity index (χ2v) is 5.87. The summed E-state index contributed by atoms with van der Waals surface area (Å²) in [4.78, 5) is 17.8. The van der Waals surface area contributed by atoms with Crippen molar-refractivity contribution < 1.29 is 30.4 Å². The molecule has 4 rings (SSSR count). The smallest absolute Gasteiger partial charge is 0.133 e. The van der Waals surface area contributed by atoms with Gasteiger partial charge in [0.15, 0.2) is 0 Å². The van der Waals surface area contributed by atoms with E-state index in [1.807, 2.05) is 0 Å². The standard InChI is InChI=1S/2C8H9N.2C2H4O2/c2*1-2-4-8-7(3-1)5-6-9-8;2*1-2(3)4/h2*1-4,9H,5-6H2;2*1H3,(H,3,4). The maximum atomic E-state index is 8.89. The number of nitrogens with two attached hydrogens (primary N) is 2. The van der Waals surface area contributed by atoms with Gasteiger partial charge in [-0.05, 0) is 26.0 Å². The van der Waals surface area contributed by atoms with Gasteiger partial charge in [0.2, 0.25) is 0 Å². The Balaban J connectivity index is 0.000000188. The van der Waals surface area contributed by atoms with Crippen LogP contribution in [0.1, 0.15) is 25.0 Å². The van der Waals surface area contributed by atoms with Gasteiger partial charge in [0.1, 0.15) is 11.4 Å². The summed E-state index contributed by atoms with van der Waals surface area (Å²) in [5, 5.41) is 22.4. The Morgan fingerprint density at radius 2 is 1.04 bits per heavy atom. The number of para-hydroxylation sites is 2. The lowest BCUT2D eigenvalue weighted by Crippen LogP contribution is -2.75. The molecule has 4 N–H and O–H groups in total. The normalized spacial score (nSPS) is 12.7. The van der Waals surface area contributed by atoms with Gasteiger partial charge in [-0.3, -0.25) is 0 Å². The molecule has 0 amide bonds. The van der Waals surface area contributed by atoms with Crippen LogP contribution in [0.2, 0.25) is 0 Å². The third-order valence-corrected chi connectivity index (χ3v) is 3.67. The van der Waals surface area contributed by atoms with Gasteiger partial charge in [-0.15, -0.1) is 0 Å². The molecule has 0 fully saturated rings.